The molecule has 34 heavy (non-hydrogen) atoms. The molecule has 172 valence electrons. The van der Waals surface area contributed by atoms with Crippen LogP contribution in [0.3, 0.4) is 0 Å². The summed E-state index contributed by atoms with van der Waals surface area (Å²) in [7, 11) is 0. The van der Waals surface area contributed by atoms with Crippen LogP contribution in [0.4, 0.5) is 26.3 Å². The minimum absolute atomic E-state index is 0.100. The Bertz CT molecular complexity index is 1360. The van der Waals surface area contributed by atoms with Gasteiger partial charge in [0.1, 0.15) is 11.5 Å². The molecular weight excluding hydrogens is 466 g/mol. The van der Waals surface area contributed by atoms with Gasteiger partial charge in [0.2, 0.25) is 0 Å². The zero-order chi connectivity index (χ0) is 24.6. The molecule has 0 spiro atoms. The second kappa shape index (κ2) is 8.89. The summed E-state index contributed by atoms with van der Waals surface area (Å²) in [6, 6.07) is 10.9. The van der Waals surface area contributed by atoms with E-state index in [1.54, 1.807) is 0 Å². The van der Waals surface area contributed by atoms with Crippen molar-refractivity contribution in [1.29, 1.82) is 0 Å². The quantitative estimate of drug-likeness (QED) is 0.154. The average molecular weight is 476 g/mol. The molecule has 0 saturated carbocycles. The second-order valence-electron chi connectivity index (χ2n) is 6.90. The van der Waals surface area contributed by atoms with Crippen LogP contribution in [0, 0.1) is 34.9 Å². The Labute approximate surface area is 187 Å². The SMILES string of the molecule is O=C(Oc1ccc2ccc(OC(=O)c3ccc(F)c(F)c3F)cc2c1)c1ccc(F)c(F)c1F. The van der Waals surface area contributed by atoms with Gasteiger partial charge in [-0.2, -0.15) is 0 Å². The molecule has 4 rings (SSSR count). The molecule has 10 heteroatoms. The zero-order valence-electron chi connectivity index (χ0n) is 16.7. The van der Waals surface area contributed by atoms with E-state index in [2.05, 4.69) is 0 Å². The van der Waals surface area contributed by atoms with Crippen molar-refractivity contribution in [3.05, 3.63) is 107 Å². The average Bonchev–Trinajstić information content (AvgIpc) is 2.80. The molecule has 4 aromatic rings. The topological polar surface area (TPSA) is 52.6 Å². The molecule has 0 amide bonds. The van der Waals surface area contributed by atoms with Gasteiger partial charge in [-0.25, -0.2) is 35.9 Å². The Morgan fingerprint density at radius 1 is 0.500 bits per heavy atom. The van der Waals surface area contributed by atoms with Crippen molar-refractivity contribution in [3.63, 3.8) is 0 Å². The van der Waals surface area contributed by atoms with Crippen LogP contribution in [0.25, 0.3) is 10.8 Å². The molecular formula is C24H10F6O4. The van der Waals surface area contributed by atoms with E-state index in [0.29, 0.717) is 22.9 Å². The predicted octanol–water partition coefficient (Wildman–Crippen LogP) is 6.11. The highest BCUT2D eigenvalue weighted by Gasteiger charge is 2.22. The molecule has 0 aromatic heterocycles. The zero-order valence-corrected chi connectivity index (χ0v) is 16.7. The Morgan fingerprint density at radius 3 is 1.32 bits per heavy atom. The lowest BCUT2D eigenvalue weighted by atomic mass is 10.1. The molecule has 0 N–H and O–H groups in total. The number of fused-ring (bicyclic) bond motifs is 1. The first-order valence-electron chi connectivity index (χ1n) is 9.41. The van der Waals surface area contributed by atoms with Gasteiger partial charge in [0.15, 0.2) is 34.9 Å². The Morgan fingerprint density at radius 2 is 0.912 bits per heavy atom. The summed E-state index contributed by atoms with van der Waals surface area (Å²) in [5.74, 6) is -12.8. The molecule has 4 nitrogen and oxygen atoms in total. The van der Waals surface area contributed by atoms with E-state index < -0.39 is 58.0 Å². The van der Waals surface area contributed by atoms with Gasteiger partial charge >= 0.3 is 11.9 Å². The van der Waals surface area contributed by atoms with Crippen molar-refractivity contribution in [2.75, 3.05) is 0 Å². The van der Waals surface area contributed by atoms with Crippen molar-refractivity contribution < 1.29 is 45.4 Å². The molecule has 0 unspecified atom stereocenters. The number of ether oxygens (including phenoxy) is 2. The molecule has 0 atom stereocenters. The molecule has 0 radical (unpaired) electrons. The number of hydrogen-bond donors (Lipinski definition) is 0. The monoisotopic (exact) mass is 476 g/mol. The molecule has 0 fully saturated rings. The number of hydrogen-bond acceptors (Lipinski definition) is 4. The van der Waals surface area contributed by atoms with Gasteiger partial charge in [0.25, 0.3) is 0 Å². The van der Waals surface area contributed by atoms with E-state index in [1.165, 1.54) is 36.4 Å². The third-order valence-corrected chi connectivity index (χ3v) is 4.71. The van der Waals surface area contributed by atoms with Gasteiger partial charge < -0.3 is 9.47 Å². The van der Waals surface area contributed by atoms with Gasteiger partial charge in [-0.15, -0.1) is 0 Å². The molecule has 0 aliphatic heterocycles. The molecule has 0 saturated heterocycles. The van der Waals surface area contributed by atoms with Crippen LogP contribution in [0.15, 0.2) is 60.7 Å². The number of carbonyl (C=O) groups is 2. The number of carbonyl (C=O) groups excluding carboxylic acids is 2. The van der Waals surface area contributed by atoms with Crippen LogP contribution >= 0.6 is 0 Å². The summed E-state index contributed by atoms with van der Waals surface area (Å²) in [6.07, 6.45) is 0. The molecule has 4 aromatic carbocycles. The van der Waals surface area contributed by atoms with Crippen molar-refractivity contribution in [1.82, 2.24) is 0 Å². The summed E-state index contributed by atoms with van der Waals surface area (Å²) in [4.78, 5) is 24.3. The smallest absolute Gasteiger partial charge is 0.346 e. The highest BCUT2D eigenvalue weighted by atomic mass is 19.2. The number of esters is 2. The van der Waals surface area contributed by atoms with E-state index in [-0.39, 0.29) is 11.5 Å². The predicted molar refractivity (Wildman–Crippen MR) is 106 cm³/mol. The van der Waals surface area contributed by atoms with Gasteiger partial charge in [-0.3, -0.25) is 0 Å². The van der Waals surface area contributed by atoms with E-state index in [9.17, 15) is 35.9 Å². The van der Waals surface area contributed by atoms with Crippen molar-refractivity contribution in [3.8, 4) is 11.5 Å². The van der Waals surface area contributed by atoms with Crippen LogP contribution in [-0.2, 0) is 0 Å². The third kappa shape index (κ3) is 4.29. The van der Waals surface area contributed by atoms with Crippen LogP contribution in [0.1, 0.15) is 20.7 Å². The van der Waals surface area contributed by atoms with Gasteiger partial charge in [-0.05, 0) is 59.3 Å². The standard InChI is InChI=1S/C24H10F6O4/c25-17-7-5-15(19(27)21(17)29)23(31)33-13-3-1-11-2-4-14(10-12(11)9-13)34-24(32)16-6-8-18(26)22(30)20(16)28/h1-10H. The van der Waals surface area contributed by atoms with Crippen molar-refractivity contribution in [2.45, 2.75) is 0 Å². The lowest BCUT2D eigenvalue weighted by Gasteiger charge is -2.09. The lowest BCUT2D eigenvalue weighted by molar-refractivity contribution is 0.0719. The minimum atomic E-state index is -1.82. The fraction of sp³-hybridized carbons (Fsp3) is 0. The van der Waals surface area contributed by atoms with Crippen LogP contribution < -0.4 is 9.47 Å². The number of rotatable bonds is 4. The van der Waals surface area contributed by atoms with Gasteiger partial charge in [0, 0.05) is 0 Å². The second-order valence-corrected chi connectivity index (χ2v) is 6.90. The summed E-state index contributed by atoms with van der Waals surface area (Å²) in [6.45, 7) is 0. The third-order valence-electron chi connectivity index (χ3n) is 4.71. The fourth-order valence-corrected chi connectivity index (χ4v) is 3.02. The maximum Gasteiger partial charge on any atom is 0.346 e. The number of benzene rings is 4. The summed E-state index contributed by atoms with van der Waals surface area (Å²) >= 11 is 0. The normalized spacial score (nSPS) is 10.9. The van der Waals surface area contributed by atoms with Crippen LogP contribution in [0.2, 0.25) is 0 Å². The first-order valence-corrected chi connectivity index (χ1v) is 9.41. The lowest BCUT2D eigenvalue weighted by Crippen LogP contribution is -2.13. The molecule has 0 aliphatic rings. The van der Waals surface area contributed by atoms with Gasteiger partial charge in [-0.1, -0.05) is 12.1 Å². The maximum atomic E-state index is 13.8. The molecule has 0 heterocycles. The molecule has 0 bridgehead atoms. The Hall–Kier alpha value is -4.34. The summed E-state index contributed by atoms with van der Waals surface area (Å²) in [5.41, 5.74) is -1.65. The molecule has 0 aliphatic carbocycles. The van der Waals surface area contributed by atoms with Crippen LogP contribution in [0.5, 0.6) is 11.5 Å². The van der Waals surface area contributed by atoms with Crippen LogP contribution in [-0.4, -0.2) is 11.9 Å². The van der Waals surface area contributed by atoms with E-state index >= 15 is 0 Å². The first-order chi connectivity index (χ1) is 16.2. The van der Waals surface area contributed by atoms with Gasteiger partial charge in [0.05, 0.1) is 11.1 Å². The summed E-state index contributed by atoms with van der Waals surface area (Å²) in [5, 5.41) is 0.935. The van der Waals surface area contributed by atoms with Crippen molar-refractivity contribution >= 4 is 22.7 Å². The highest BCUT2D eigenvalue weighted by Crippen LogP contribution is 2.27. The Balaban J connectivity index is 1.58. The van der Waals surface area contributed by atoms with E-state index in [4.69, 9.17) is 9.47 Å². The Kier molecular flexibility index (Phi) is 5.97. The van der Waals surface area contributed by atoms with E-state index in [1.807, 2.05) is 0 Å². The highest BCUT2D eigenvalue weighted by molar-refractivity contribution is 5.94. The first kappa shape index (κ1) is 22.8. The fourth-order valence-electron chi connectivity index (χ4n) is 3.02. The largest absolute Gasteiger partial charge is 0.423 e. The minimum Gasteiger partial charge on any atom is -0.423 e. The van der Waals surface area contributed by atoms with Crippen molar-refractivity contribution in [2.24, 2.45) is 0 Å². The number of halogens is 6. The maximum absolute atomic E-state index is 13.8. The van der Waals surface area contributed by atoms with E-state index in [0.717, 1.165) is 12.1 Å². The summed E-state index contributed by atoms with van der Waals surface area (Å²) < 4.78 is 90.5.